The van der Waals surface area contributed by atoms with Gasteiger partial charge in [-0.3, -0.25) is 0 Å². The van der Waals surface area contributed by atoms with Crippen LogP contribution in [0.5, 0.6) is 0 Å². The van der Waals surface area contributed by atoms with Gasteiger partial charge in [0.1, 0.15) is 0 Å². The molecule has 10 heavy (non-hydrogen) atoms. The Morgan fingerprint density at radius 1 is 1.50 bits per heavy atom. The molecule has 0 aromatic heterocycles. The van der Waals surface area contributed by atoms with E-state index in [1.54, 1.807) is 0 Å². The number of nitrogens with zero attached hydrogens (tertiary/aromatic N) is 1. The summed E-state index contributed by atoms with van der Waals surface area (Å²) in [5.41, 5.74) is 1.00. The monoisotopic (exact) mass is 143 g/mol. The molecule has 1 N–H and O–H groups in total. The van der Waals surface area contributed by atoms with Gasteiger partial charge >= 0.3 is 0 Å². The van der Waals surface area contributed by atoms with Gasteiger partial charge in [0.15, 0.2) is 0 Å². The first-order valence-corrected chi connectivity index (χ1v) is 3.73. The van der Waals surface area contributed by atoms with Crippen molar-refractivity contribution < 1.29 is 5.11 Å². The summed E-state index contributed by atoms with van der Waals surface area (Å²) in [5.74, 6) is 0. The standard InChI is InChI=1S/C8H17NO/c1-4-5-6-8(7-10)9(2)3/h7,10H,4-6H2,1-3H3/b8-7-. The smallest absolute Gasteiger partial charge is 0.0982 e. The largest absolute Gasteiger partial charge is 0.514 e. The first-order valence-electron chi connectivity index (χ1n) is 3.73. The number of unbranched alkanes of at least 4 members (excludes halogenated alkanes) is 1. The maximum atomic E-state index is 8.72. The maximum absolute atomic E-state index is 8.72. The normalized spacial score (nSPS) is 11.7. The summed E-state index contributed by atoms with van der Waals surface area (Å²) in [7, 11) is 3.88. The fraction of sp³-hybridized carbons (Fsp3) is 0.750. The summed E-state index contributed by atoms with van der Waals surface area (Å²) in [6.45, 7) is 2.14. The topological polar surface area (TPSA) is 23.5 Å². The minimum absolute atomic E-state index is 0.972. The Balaban J connectivity index is 3.63. The number of aliphatic hydroxyl groups excluding tert-OH is 1. The molecule has 0 spiro atoms. The molecule has 0 fully saturated rings. The van der Waals surface area contributed by atoms with E-state index in [-0.39, 0.29) is 0 Å². The van der Waals surface area contributed by atoms with Crippen molar-refractivity contribution in [3.05, 3.63) is 12.0 Å². The van der Waals surface area contributed by atoms with Crippen LogP contribution in [-0.4, -0.2) is 24.1 Å². The van der Waals surface area contributed by atoms with Gasteiger partial charge in [0.2, 0.25) is 0 Å². The van der Waals surface area contributed by atoms with E-state index in [9.17, 15) is 0 Å². The highest BCUT2D eigenvalue weighted by Gasteiger charge is 1.97. The van der Waals surface area contributed by atoms with Crippen molar-refractivity contribution in [1.82, 2.24) is 4.90 Å². The number of rotatable bonds is 4. The Bertz CT molecular complexity index is 108. The summed E-state index contributed by atoms with van der Waals surface area (Å²) >= 11 is 0. The summed E-state index contributed by atoms with van der Waals surface area (Å²) in [6.07, 6.45) is 4.48. The fourth-order valence-corrected chi connectivity index (χ4v) is 0.762. The quantitative estimate of drug-likeness (QED) is 0.609. The molecular weight excluding hydrogens is 126 g/mol. The lowest BCUT2D eigenvalue weighted by molar-refractivity contribution is 0.405. The molecule has 0 aliphatic carbocycles. The van der Waals surface area contributed by atoms with Gasteiger partial charge < -0.3 is 10.0 Å². The number of aliphatic hydroxyl groups is 1. The molecule has 0 bridgehead atoms. The third-order valence-electron chi connectivity index (χ3n) is 1.51. The predicted molar refractivity (Wildman–Crippen MR) is 43.9 cm³/mol. The zero-order chi connectivity index (χ0) is 7.98. The van der Waals surface area contributed by atoms with Gasteiger partial charge in [-0.25, -0.2) is 0 Å². The highest BCUT2D eigenvalue weighted by Crippen LogP contribution is 2.07. The van der Waals surface area contributed by atoms with Gasteiger partial charge in [-0.2, -0.15) is 0 Å². The average molecular weight is 143 g/mol. The van der Waals surface area contributed by atoms with E-state index in [0.717, 1.165) is 18.5 Å². The Kier molecular flexibility index (Phi) is 4.81. The first-order chi connectivity index (χ1) is 4.72. The third kappa shape index (κ3) is 3.38. The summed E-state index contributed by atoms with van der Waals surface area (Å²) in [5, 5.41) is 8.72. The van der Waals surface area contributed by atoms with Crippen molar-refractivity contribution in [2.24, 2.45) is 0 Å². The predicted octanol–water partition coefficient (Wildman–Crippen LogP) is 2.14. The second kappa shape index (κ2) is 5.15. The molecule has 2 heteroatoms. The lowest BCUT2D eigenvalue weighted by Gasteiger charge is -2.14. The minimum Gasteiger partial charge on any atom is -0.514 e. The van der Waals surface area contributed by atoms with Crippen LogP contribution in [0.1, 0.15) is 26.2 Å². The van der Waals surface area contributed by atoms with Gasteiger partial charge in [-0.1, -0.05) is 13.3 Å². The zero-order valence-corrected chi connectivity index (χ0v) is 7.09. The summed E-state index contributed by atoms with van der Waals surface area (Å²) in [4.78, 5) is 1.94. The molecule has 0 rings (SSSR count). The van der Waals surface area contributed by atoms with Crippen molar-refractivity contribution in [2.45, 2.75) is 26.2 Å². The molecule has 2 nitrogen and oxygen atoms in total. The Hall–Kier alpha value is -0.660. The molecule has 0 aromatic carbocycles. The summed E-state index contributed by atoms with van der Waals surface area (Å²) in [6, 6.07) is 0. The van der Waals surface area contributed by atoms with Crippen molar-refractivity contribution in [3.8, 4) is 0 Å². The van der Waals surface area contributed by atoms with E-state index in [2.05, 4.69) is 6.92 Å². The van der Waals surface area contributed by atoms with Gasteiger partial charge in [0, 0.05) is 19.8 Å². The molecule has 0 saturated carbocycles. The second-order valence-electron chi connectivity index (χ2n) is 2.62. The number of hydrogen-bond acceptors (Lipinski definition) is 2. The Labute approximate surface area is 63.2 Å². The zero-order valence-electron chi connectivity index (χ0n) is 7.09. The van der Waals surface area contributed by atoms with E-state index in [4.69, 9.17) is 5.11 Å². The van der Waals surface area contributed by atoms with E-state index in [0.29, 0.717) is 0 Å². The van der Waals surface area contributed by atoms with Crippen LogP contribution in [0, 0.1) is 0 Å². The molecular formula is C8H17NO. The van der Waals surface area contributed by atoms with Gasteiger partial charge in [0.25, 0.3) is 0 Å². The lowest BCUT2D eigenvalue weighted by atomic mass is 10.2. The van der Waals surface area contributed by atoms with Crippen molar-refractivity contribution in [2.75, 3.05) is 14.1 Å². The molecule has 0 unspecified atom stereocenters. The molecule has 0 aliphatic heterocycles. The van der Waals surface area contributed by atoms with Crippen LogP contribution in [0.25, 0.3) is 0 Å². The van der Waals surface area contributed by atoms with Crippen LogP contribution >= 0.6 is 0 Å². The van der Waals surface area contributed by atoms with Crippen molar-refractivity contribution >= 4 is 0 Å². The van der Waals surface area contributed by atoms with Crippen molar-refractivity contribution in [1.29, 1.82) is 0 Å². The van der Waals surface area contributed by atoms with E-state index >= 15 is 0 Å². The molecule has 0 amide bonds. The molecule has 0 aliphatic rings. The van der Waals surface area contributed by atoms with E-state index in [1.807, 2.05) is 19.0 Å². The number of allylic oxidation sites excluding steroid dienone is 1. The fourth-order valence-electron chi connectivity index (χ4n) is 0.762. The number of hydrogen-bond donors (Lipinski definition) is 1. The van der Waals surface area contributed by atoms with E-state index in [1.165, 1.54) is 12.7 Å². The molecule has 0 saturated heterocycles. The highest BCUT2D eigenvalue weighted by molar-refractivity contribution is 4.93. The highest BCUT2D eigenvalue weighted by atomic mass is 16.2. The van der Waals surface area contributed by atoms with Crippen LogP contribution in [0.2, 0.25) is 0 Å². The SMILES string of the molecule is CCCC/C(=C/O)N(C)C. The molecule has 60 valence electrons. The molecule has 0 radical (unpaired) electrons. The third-order valence-corrected chi connectivity index (χ3v) is 1.51. The molecule has 0 heterocycles. The lowest BCUT2D eigenvalue weighted by Crippen LogP contribution is -2.10. The second-order valence-corrected chi connectivity index (χ2v) is 2.62. The maximum Gasteiger partial charge on any atom is 0.0982 e. The molecule has 0 aromatic rings. The van der Waals surface area contributed by atoms with Gasteiger partial charge in [0.05, 0.1) is 6.26 Å². The Morgan fingerprint density at radius 2 is 2.10 bits per heavy atom. The van der Waals surface area contributed by atoms with Crippen LogP contribution in [0.4, 0.5) is 0 Å². The Morgan fingerprint density at radius 3 is 2.40 bits per heavy atom. The minimum atomic E-state index is 0.972. The first kappa shape index (κ1) is 9.34. The van der Waals surface area contributed by atoms with Crippen LogP contribution < -0.4 is 0 Å². The van der Waals surface area contributed by atoms with Gasteiger partial charge in [-0.15, -0.1) is 0 Å². The summed E-state index contributed by atoms with van der Waals surface area (Å²) < 4.78 is 0. The van der Waals surface area contributed by atoms with Crippen LogP contribution in [-0.2, 0) is 0 Å². The van der Waals surface area contributed by atoms with Crippen LogP contribution in [0.3, 0.4) is 0 Å². The van der Waals surface area contributed by atoms with E-state index < -0.39 is 0 Å². The molecule has 0 atom stereocenters. The van der Waals surface area contributed by atoms with Crippen molar-refractivity contribution in [3.63, 3.8) is 0 Å². The van der Waals surface area contributed by atoms with Crippen LogP contribution in [0.15, 0.2) is 12.0 Å². The average Bonchev–Trinajstić information content (AvgIpc) is 1.89. The van der Waals surface area contributed by atoms with Gasteiger partial charge in [-0.05, 0) is 12.8 Å².